The largest absolute Gasteiger partial charge is 0.485 e. The number of carbonyl (C=O) groups is 1. The highest BCUT2D eigenvalue weighted by atomic mass is 19.1. The molecule has 7 heteroatoms. The number of halogens is 2. The Labute approximate surface area is 186 Å². The second kappa shape index (κ2) is 11.2. The molecule has 0 radical (unpaired) electrons. The van der Waals surface area contributed by atoms with Gasteiger partial charge in [0.15, 0.2) is 18.1 Å². The normalized spacial score (nSPS) is 11.8. The molecule has 0 fully saturated rings. The fourth-order valence-electron chi connectivity index (χ4n) is 3.20. The molecule has 0 bridgehead atoms. The Bertz CT molecular complexity index is 1010. The van der Waals surface area contributed by atoms with Gasteiger partial charge in [-0.05, 0) is 43.9 Å². The summed E-state index contributed by atoms with van der Waals surface area (Å²) in [5.74, 6) is -0.768. The predicted molar refractivity (Wildman–Crippen MR) is 119 cm³/mol. The fraction of sp³-hybridized carbons (Fsp3) is 0.240. The van der Waals surface area contributed by atoms with E-state index in [1.807, 2.05) is 36.4 Å². The third kappa shape index (κ3) is 6.28. The first-order valence-corrected chi connectivity index (χ1v) is 10.2. The SMILES string of the molecule is CN(C)C(CNC(=O)COc1ccccc1OCc1ccccc1)c1c(F)cccc1F. The van der Waals surface area contributed by atoms with Gasteiger partial charge >= 0.3 is 0 Å². The number of carbonyl (C=O) groups excluding carboxylic acids is 1. The standard InChI is InChI=1S/C25H26F2N2O3/c1-29(2)21(25-19(26)11-8-12-20(25)27)15-28-24(30)17-32-23-14-7-6-13-22(23)31-16-18-9-4-3-5-10-18/h3-14,21H,15-17H2,1-2H3,(H,28,30). The van der Waals surface area contributed by atoms with Crippen LogP contribution >= 0.6 is 0 Å². The van der Waals surface area contributed by atoms with Gasteiger partial charge in [0.1, 0.15) is 18.2 Å². The van der Waals surface area contributed by atoms with Crippen molar-refractivity contribution < 1.29 is 23.0 Å². The molecule has 5 nitrogen and oxygen atoms in total. The molecule has 1 amide bonds. The maximum absolute atomic E-state index is 14.2. The number of hydrogen-bond acceptors (Lipinski definition) is 4. The van der Waals surface area contributed by atoms with Crippen LogP contribution in [0.25, 0.3) is 0 Å². The summed E-state index contributed by atoms with van der Waals surface area (Å²) >= 11 is 0. The van der Waals surface area contributed by atoms with Crippen molar-refractivity contribution in [1.82, 2.24) is 10.2 Å². The molecule has 0 spiro atoms. The van der Waals surface area contributed by atoms with Gasteiger partial charge in [-0.1, -0.05) is 48.5 Å². The third-order valence-corrected chi connectivity index (χ3v) is 4.89. The minimum absolute atomic E-state index is 0.0270. The van der Waals surface area contributed by atoms with E-state index in [0.29, 0.717) is 18.1 Å². The molecule has 1 unspecified atom stereocenters. The summed E-state index contributed by atoms with van der Waals surface area (Å²) in [5.41, 5.74) is 0.925. The smallest absolute Gasteiger partial charge is 0.258 e. The zero-order valence-electron chi connectivity index (χ0n) is 18.1. The van der Waals surface area contributed by atoms with Crippen molar-refractivity contribution in [2.75, 3.05) is 27.2 Å². The fourth-order valence-corrected chi connectivity index (χ4v) is 3.20. The lowest BCUT2D eigenvalue weighted by Gasteiger charge is -2.25. The topological polar surface area (TPSA) is 50.8 Å². The van der Waals surface area contributed by atoms with Crippen molar-refractivity contribution in [3.8, 4) is 11.5 Å². The number of nitrogens with one attached hydrogen (secondary N) is 1. The number of ether oxygens (including phenoxy) is 2. The van der Waals surface area contributed by atoms with Crippen molar-refractivity contribution in [1.29, 1.82) is 0 Å². The number of para-hydroxylation sites is 2. The maximum atomic E-state index is 14.2. The van der Waals surface area contributed by atoms with Crippen LogP contribution in [0.5, 0.6) is 11.5 Å². The Morgan fingerprint density at radius 2 is 1.47 bits per heavy atom. The van der Waals surface area contributed by atoms with E-state index in [0.717, 1.165) is 5.56 Å². The van der Waals surface area contributed by atoms with Crippen LogP contribution in [-0.2, 0) is 11.4 Å². The molecule has 0 heterocycles. The van der Waals surface area contributed by atoms with Crippen LogP contribution in [-0.4, -0.2) is 38.1 Å². The lowest BCUT2D eigenvalue weighted by Crippen LogP contribution is -2.37. The summed E-state index contributed by atoms with van der Waals surface area (Å²) in [4.78, 5) is 14.0. The average molecular weight is 440 g/mol. The molecular weight excluding hydrogens is 414 g/mol. The highest BCUT2D eigenvalue weighted by Gasteiger charge is 2.22. The summed E-state index contributed by atoms with van der Waals surface area (Å²) < 4.78 is 39.8. The number of rotatable bonds is 10. The summed E-state index contributed by atoms with van der Waals surface area (Å²) in [7, 11) is 3.39. The van der Waals surface area contributed by atoms with E-state index >= 15 is 0 Å². The minimum atomic E-state index is -0.665. The molecule has 32 heavy (non-hydrogen) atoms. The van der Waals surface area contributed by atoms with Crippen LogP contribution < -0.4 is 14.8 Å². The molecular formula is C25H26F2N2O3. The summed E-state index contributed by atoms with van der Waals surface area (Å²) in [6.07, 6.45) is 0. The van der Waals surface area contributed by atoms with Crippen molar-refractivity contribution in [2.24, 2.45) is 0 Å². The summed E-state index contributed by atoms with van der Waals surface area (Å²) in [6, 6.07) is 19.8. The van der Waals surface area contributed by atoms with Gasteiger partial charge in [0.05, 0.1) is 6.04 Å². The Kier molecular flexibility index (Phi) is 8.16. The average Bonchev–Trinajstić information content (AvgIpc) is 2.79. The molecule has 1 atom stereocenters. The first-order valence-electron chi connectivity index (χ1n) is 10.2. The first kappa shape index (κ1) is 23.2. The van der Waals surface area contributed by atoms with Gasteiger partial charge in [0, 0.05) is 12.1 Å². The highest BCUT2D eigenvalue weighted by Crippen LogP contribution is 2.27. The second-order valence-electron chi connectivity index (χ2n) is 7.43. The van der Waals surface area contributed by atoms with Gasteiger partial charge < -0.3 is 19.7 Å². The van der Waals surface area contributed by atoms with E-state index in [1.54, 1.807) is 37.2 Å². The lowest BCUT2D eigenvalue weighted by molar-refractivity contribution is -0.123. The minimum Gasteiger partial charge on any atom is -0.485 e. The van der Waals surface area contributed by atoms with Crippen molar-refractivity contribution in [3.05, 3.63) is 95.6 Å². The quantitative estimate of drug-likeness (QED) is 0.510. The van der Waals surface area contributed by atoms with E-state index in [1.165, 1.54) is 18.2 Å². The van der Waals surface area contributed by atoms with Crippen LogP contribution in [0.2, 0.25) is 0 Å². The maximum Gasteiger partial charge on any atom is 0.258 e. The van der Waals surface area contributed by atoms with Crippen LogP contribution in [0.4, 0.5) is 8.78 Å². The second-order valence-corrected chi connectivity index (χ2v) is 7.43. The predicted octanol–water partition coefficient (Wildman–Crippen LogP) is 4.34. The van der Waals surface area contributed by atoms with E-state index in [4.69, 9.17) is 9.47 Å². The van der Waals surface area contributed by atoms with Gasteiger partial charge in [-0.2, -0.15) is 0 Å². The molecule has 0 saturated carbocycles. The molecule has 3 aromatic rings. The molecule has 0 aliphatic rings. The number of benzene rings is 3. The van der Waals surface area contributed by atoms with Gasteiger partial charge in [-0.3, -0.25) is 4.79 Å². The van der Waals surface area contributed by atoms with E-state index < -0.39 is 23.6 Å². The zero-order chi connectivity index (χ0) is 22.9. The van der Waals surface area contributed by atoms with Gasteiger partial charge in [0.25, 0.3) is 5.91 Å². The molecule has 0 aliphatic carbocycles. The molecule has 168 valence electrons. The Morgan fingerprint density at radius 1 is 0.875 bits per heavy atom. The molecule has 0 aromatic heterocycles. The Balaban J connectivity index is 1.56. The van der Waals surface area contributed by atoms with Gasteiger partial charge in [-0.15, -0.1) is 0 Å². The van der Waals surface area contributed by atoms with Crippen LogP contribution in [0, 0.1) is 11.6 Å². The van der Waals surface area contributed by atoms with Crippen LogP contribution in [0.3, 0.4) is 0 Å². The lowest BCUT2D eigenvalue weighted by atomic mass is 10.0. The van der Waals surface area contributed by atoms with Crippen molar-refractivity contribution in [3.63, 3.8) is 0 Å². The van der Waals surface area contributed by atoms with E-state index in [9.17, 15) is 13.6 Å². The monoisotopic (exact) mass is 440 g/mol. The summed E-state index contributed by atoms with van der Waals surface area (Å²) in [6.45, 7) is 0.136. The molecule has 1 N–H and O–H groups in total. The number of amides is 1. The number of hydrogen-bond donors (Lipinski definition) is 1. The van der Waals surface area contributed by atoms with Gasteiger partial charge in [0.2, 0.25) is 0 Å². The Morgan fingerprint density at radius 3 is 2.09 bits per heavy atom. The molecule has 0 saturated heterocycles. The van der Waals surface area contributed by atoms with Crippen LogP contribution in [0.15, 0.2) is 72.8 Å². The zero-order valence-corrected chi connectivity index (χ0v) is 18.1. The van der Waals surface area contributed by atoms with Gasteiger partial charge in [-0.25, -0.2) is 8.78 Å². The molecule has 3 rings (SSSR count). The number of nitrogens with zero attached hydrogens (tertiary/aromatic N) is 1. The summed E-state index contributed by atoms with van der Waals surface area (Å²) in [5, 5.41) is 2.68. The number of likely N-dealkylation sites (N-methyl/N-ethyl adjacent to an activating group) is 1. The first-order chi connectivity index (χ1) is 15.5. The van der Waals surface area contributed by atoms with Crippen molar-refractivity contribution >= 4 is 5.91 Å². The van der Waals surface area contributed by atoms with E-state index in [-0.39, 0.29) is 18.7 Å². The molecule has 0 aliphatic heterocycles. The Hall–Kier alpha value is -3.45. The van der Waals surface area contributed by atoms with Crippen LogP contribution in [0.1, 0.15) is 17.2 Å². The highest BCUT2D eigenvalue weighted by molar-refractivity contribution is 5.77. The van der Waals surface area contributed by atoms with Crippen molar-refractivity contribution in [2.45, 2.75) is 12.6 Å². The van der Waals surface area contributed by atoms with E-state index in [2.05, 4.69) is 5.32 Å². The molecule has 3 aromatic carbocycles. The third-order valence-electron chi connectivity index (χ3n) is 4.89.